The molecule has 0 N–H and O–H groups in total. The van der Waals surface area contributed by atoms with Crippen molar-refractivity contribution < 1.29 is 33.2 Å². The van der Waals surface area contributed by atoms with Gasteiger partial charge in [-0.3, -0.25) is 4.79 Å². The fourth-order valence-corrected chi connectivity index (χ4v) is 6.69. The Morgan fingerprint density at radius 3 is 2.00 bits per heavy atom. The van der Waals surface area contributed by atoms with Crippen LogP contribution in [0.25, 0.3) is 0 Å². The van der Waals surface area contributed by atoms with Crippen molar-refractivity contribution in [3.63, 3.8) is 0 Å². The largest absolute Gasteiger partial charge is 0.462 e. The lowest BCUT2D eigenvalue weighted by atomic mass is 9.75. The van der Waals surface area contributed by atoms with Crippen molar-refractivity contribution in [1.82, 2.24) is 0 Å². The number of hydrogen-bond donors (Lipinski definition) is 0. The van der Waals surface area contributed by atoms with Crippen molar-refractivity contribution in [2.24, 2.45) is 35.5 Å². The molecule has 0 aromatic carbocycles. The molecule has 0 amide bonds. The molecule has 2 saturated heterocycles. The van der Waals surface area contributed by atoms with Gasteiger partial charge in [0.25, 0.3) is 0 Å². The second-order valence-corrected chi connectivity index (χ2v) is 12.2. The molecule has 36 heavy (non-hydrogen) atoms. The van der Waals surface area contributed by atoms with Crippen molar-refractivity contribution in [3.05, 3.63) is 0 Å². The molecular weight excluding hydrogens is 460 g/mol. The lowest BCUT2D eigenvalue weighted by Gasteiger charge is -2.47. The van der Waals surface area contributed by atoms with E-state index in [-0.39, 0.29) is 42.0 Å². The fraction of sp³-hybridized carbons (Fsp3) is 0.966. The zero-order valence-corrected chi connectivity index (χ0v) is 24.9. The van der Waals surface area contributed by atoms with Gasteiger partial charge in [0.1, 0.15) is 12.2 Å². The summed E-state index contributed by atoms with van der Waals surface area (Å²) in [4.78, 5) is 13.3. The summed E-state index contributed by atoms with van der Waals surface area (Å²) < 4.78 is 37.2. The van der Waals surface area contributed by atoms with Gasteiger partial charge < -0.3 is 28.4 Å². The monoisotopic (exact) mass is 514 g/mol. The van der Waals surface area contributed by atoms with Gasteiger partial charge in [0.2, 0.25) is 0 Å². The molecule has 0 aromatic heterocycles. The molecule has 7 heteroatoms. The number of carbonyl (C=O) groups excluding carboxylic acids is 1. The van der Waals surface area contributed by atoms with E-state index in [0.29, 0.717) is 11.8 Å². The molecule has 0 saturated carbocycles. The van der Waals surface area contributed by atoms with E-state index >= 15 is 0 Å². The van der Waals surface area contributed by atoms with Crippen molar-refractivity contribution >= 4 is 5.97 Å². The van der Waals surface area contributed by atoms with E-state index in [4.69, 9.17) is 28.4 Å². The maximum Gasteiger partial charge on any atom is 0.311 e. The summed E-state index contributed by atoms with van der Waals surface area (Å²) >= 11 is 0. The van der Waals surface area contributed by atoms with Gasteiger partial charge in [0, 0.05) is 27.2 Å². The second kappa shape index (κ2) is 13.4. The molecule has 13 atom stereocenters. The number of rotatable bonds is 5. The highest BCUT2D eigenvalue weighted by atomic mass is 16.7. The molecule has 212 valence electrons. The Hall–Kier alpha value is -0.730. The normalized spacial score (nSPS) is 47.8. The first-order valence-corrected chi connectivity index (χ1v) is 13.9. The van der Waals surface area contributed by atoms with Crippen LogP contribution in [-0.4, -0.2) is 69.7 Å². The Labute approximate surface area is 220 Å². The standard InChI is InChI=1S/C29H54O7/c1-16-13-17(2)20(5)23(8)35-27(30)22(7)25(32-11)21(6)26(29(9,15-16)33-12)36-28-24(31-10)18(3)14-19(4)34-28/h16-26,28H,13-15H2,1-12H3/t16?,17?,18-,19?,20?,21?,22?,23?,24?,25?,26?,28?,29?/m0/s1. The molecule has 2 aliphatic heterocycles. The quantitative estimate of drug-likeness (QED) is 0.450. The van der Waals surface area contributed by atoms with Crippen LogP contribution in [0, 0.1) is 35.5 Å². The zero-order valence-electron chi connectivity index (χ0n) is 24.9. The smallest absolute Gasteiger partial charge is 0.311 e. The van der Waals surface area contributed by atoms with Crippen LogP contribution in [0.2, 0.25) is 0 Å². The van der Waals surface area contributed by atoms with E-state index in [9.17, 15) is 4.79 Å². The molecule has 0 aliphatic carbocycles. The Kier molecular flexibility index (Phi) is 11.7. The molecule has 0 bridgehead atoms. The van der Waals surface area contributed by atoms with Crippen LogP contribution in [0.15, 0.2) is 0 Å². The molecular formula is C29H54O7. The molecule has 2 fully saturated rings. The maximum atomic E-state index is 13.3. The van der Waals surface area contributed by atoms with Gasteiger partial charge in [-0.15, -0.1) is 0 Å². The van der Waals surface area contributed by atoms with E-state index in [0.717, 1.165) is 19.3 Å². The third-order valence-corrected chi connectivity index (χ3v) is 9.12. The fourth-order valence-electron chi connectivity index (χ4n) is 6.69. The minimum Gasteiger partial charge on any atom is -0.462 e. The molecule has 0 spiro atoms. The van der Waals surface area contributed by atoms with E-state index in [1.165, 1.54) is 0 Å². The van der Waals surface area contributed by atoms with Gasteiger partial charge in [0.05, 0.1) is 29.8 Å². The molecule has 0 radical (unpaired) electrons. The topological polar surface area (TPSA) is 72.5 Å². The van der Waals surface area contributed by atoms with E-state index < -0.39 is 30.0 Å². The molecule has 2 heterocycles. The molecule has 12 unspecified atom stereocenters. The lowest BCUT2D eigenvalue weighted by Crippen LogP contribution is -2.57. The second-order valence-electron chi connectivity index (χ2n) is 12.2. The summed E-state index contributed by atoms with van der Waals surface area (Å²) in [5, 5.41) is 0. The molecule has 2 aliphatic rings. The average molecular weight is 515 g/mol. The first kappa shape index (κ1) is 31.5. The Morgan fingerprint density at radius 1 is 0.833 bits per heavy atom. The predicted molar refractivity (Wildman–Crippen MR) is 141 cm³/mol. The van der Waals surface area contributed by atoms with Crippen LogP contribution in [0.5, 0.6) is 0 Å². The summed E-state index contributed by atoms with van der Waals surface area (Å²) in [6, 6.07) is 0. The Morgan fingerprint density at radius 2 is 1.44 bits per heavy atom. The molecule has 0 aromatic rings. The van der Waals surface area contributed by atoms with Gasteiger partial charge in [-0.05, 0) is 70.6 Å². The van der Waals surface area contributed by atoms with Crippen LogP contribution in [0.1, 0.15) is 81.6 Å². The van der Waals surface area contributed by atoms with Crippen LogP contribution in [0.4, 0.5) is 0 Å². The Balaban J connectivity index is 2.53. The van der Waals surface area contributed by atoms with Gasteiger partial charge in [-0.25, -0.2) is 0 Å². The maximum absolute atomic E-state index is 13.3. The highest BCUT2D eigenvalue weighted by Gasteiger charge is 2.49. The van der Waals surface area contributed by atoms with Crippen LogP contribution < -0.4 is 0 Å². The summed E-state index contributed by atoms with van der Waals surface area (Å²) in [5.74, 6) is 0.392. The number of hydrogen-bond acceptors (Lipinski definition) is 7. The van der Waals surface area contributed by atoms with E-state index in [2.05, 4.69) is 48.5 Å². The first-order chi connectivity index (χ1) is 16.8. The number of esters is 1. The molecule has 2 rings (SSSR count). The minimum absolute atomic E-state index is 0.0603. The molecule has 7 nitrogen and oxygen atoms in total. The minimum atomic E-state index is -0.632. The van der Waals surface area contributed by atoms with Gasteiger partial charge in [0.15, 0.2) is 6.29 Å². The van der Waals surface area contributed by atoms with Crippen LogP contribution in [0.3, 0.4) is 0 Å². The summed E-state index contributed by atoms with van der Waals surface area (Å²) in [7, 11) is 5.12. The van der Waals surface area contributed by atoms with Crippen molar-refractivity contribution in [1.29, 1.82) is 0 Å². The first-order valence-electron chi connectivity index (χ1n) is 13.9. The highest BCUT2D eigenvalue weighted by molar-refractivity contribution is 5.73. The van der Waals surface area contributed by atoms with E-state index in [1.807, 2.05) is 13.8 Å². The third-order valence-electron chi connectivity index (χ3n) is 9.12. The Bertz CT molecular complexity index is 687. The number of carbonyl (C=O) groups is 1. The number of cyclic esters (lactones) is 1. The highest BCUT2D eigenvalue weighted by Crippen LogP contribution is 2.40. The predicted octanol–water partition coefficient (Wildman–Crippen LogP) is 5.48. The summed E-state index contributed by atoms with van der Waals surface area (Å²) in [5.41, 5.74) is -0.632. The van der Waals surface area contributed by atoms with Crippen molar-refractivity contribution in [2.45, 2.75) is 124 Å². The zero-order chi connectivity index (χ0) is 27.4. The summed E-state index contributed by atoms with van der Waals surface area (Å²) in [6.45, 7) is 19.0. The van der Waals surface area contributed by atoms with Crippen LogP contribution >= 0.6 is 0 Å². The van der Waals surface area contributed by atoms with Gasteiger partial charge >= 0.3 is 5.97 Å². The van der Waals surface area contributed by atoms with E-state index in [1.54, 1.807) is 21.3 Å². The number of methoxy groups -OCH3 is 3. The summed E-state index contributed by atoms with van der Waals surface area (Å²) in [6.07, 6.45) is 1.04. The number of ether oxygens (including phenoxy) is 6. The van der Waals surface area contributed by atoms with Gasteiger partial charge in [-0.1, -0.05) is 34.6 Å². The van der Waals surface area contributed by atoms with Gasteiger partial charge in [-0.2, -0.15) is 0 Å². The third kappa shape index (κ3) is 7.22. The van der Waals surface area contributed by atoms with Crippen molar-refractivity contribution in [2.75, 3.05) is 21.3 Å². The lowest BCUT2D eigenvalue weighted by molar-refractivity contribution is -0.305. The average Bonchev–Trinajstić information content (AvgIpc) is 2.81. The van der Waals surface area contributed by atoms with Crippen molar-refractivity contribution in [3.8, 4) is 0 Å². The van der Waals surface area contributed by atoms with Crippen LogP contribution in [-0.2, 0) is 33.2 Å². The SMILES string of the molecule is COC1C(C)C(=O)OC(C)C(C)C(C)CC(C)CC(C)(OC)C(OC2OC(C)C[C@H](C)C2OC)C1C.